The van der Waals surface area contributed by atoms with Gasteiger partial charge in [0.15, 0.2) is 0 Å². The van der Waals surface area contributed by atoms with Crippen molar-refractivity contribution in [3.63, 3.8) is 0 Å². The molecular formula is C16H30N2O2. The predicted octanol–water partition coefficient (Wildman–Crippen LogP) is 1.87. The van der Waals surface area contributed by atoms with Crippen molar-refractivity contribution in [3.05, 3.63) is 0 Å². The number of aliphatic hydroxyl groups is 1. The maximum Gasteiger partial charge on any atom is 0.222 e. The van der Waals surface area contributed by atoms with Crippen molar-refractivity contribution in [2.45, 2.75) is 64.5 Å². The van der Waals surface area contributed by atoms with Crippen molar-refractivity contribution in [3.8, 4) is 0 Å². The van der Waals surface area contributed by atoms with E-state index in [4.69, 9.17) is 0 Å². The maximum absolute atomic E-state index is 12.4. The molecular weight excluding hydrogens is 252 g/mol. The van der Waals surface area contributed by atoms with Crippen LogP contribution < -0.4 is 0 Å². The zero-order valence-electron chi connectivity index (χ0n) is 13.3. The quantitative estimate of drug-likeness (QED) is 0.859. The number of hydrogen-bond acceptors (Lipinski definition) is 3. The van der Waals surface area contributed by atoms with E-state index >= 15 is 0 Å². The Kier molecular flexibility index (Phi) is 5.08. The first-order valence-corrected chi connectivity index (χ1v) is 8.03. The van der Waals surface area contributed by atoms with Crippen molar-refractivity contribution in [1.29, 1.82) is 0 Å². The summed E-state index contributed by atoms with van der Waals surface area (Å²) in [5, 5.41) is 9.92. The monoisotopic (exact) mass is 282 g/mol. The Morgan fingerprint density at radius 2 is 2.05 bits per heavy atom. The van der Waals surface area contributed by atoms with Crippen LogP contribution >= 0.6 is 0 Å². The summed E-state index contributed by atoms with van der Waals surface area (Å²) in [7, 11) is 2.16. The van der Waals surface area contributed by atoms with Crippen LogP contribution in [0.5, 0.6) is 0 Å². The minimum absolute atomic E-state index is 0.0235. The van der Waals surface area contributed by atoms with Crippen LogP contribution in [0.4, 0.5) is 0 Å². The van der Waals surface area contributed by atoms with Crippen molar-refractivity contribution in [2.75, 3.05) is 26.7 Å². The van der Waals surface area contributed by atoms with Crippen molar-refractivity contribution < 1.29 is 9.90 Å². The lowest BCUT2D eigenvalue weighted by Gasteiger charge is -2.30. The molecule has 0 spiro atoms. The van der Waals surface area contributed by atoms with E-state index in [1.54, 1.807) is 0 Å². The fourth-order valence-electron chi connectivity index (χ4n) is 3.71. The molecule has 2 fully saturated rings. The summed E-state index contributed by atoms with van der Waals surface area (Å²) >= 11 is 0. The highest BCUT2D eigenvalue weighted by atomic mass is 16.3. The molecule has 2 aliphatic rings. The smallest absolute Gasteiger partial charge is 0.222 e. The zero-order valence-corrected chi connectivity index (χ0v) is 13.3. The average Bonchev–Trinajstić information content (AvgIpc) is 2.69. The van der Waals surface area contributed by atoms with Crippen molar-refractivity contribution >= 4 is 5.91 Å². The molecule has 4 heteroatoms. The molecule has 2 rings (SSSR count). The van der Waals surface area contributed by atoms with Gasteiger partial charge in [-0.2, -0.15) is 0 Å². The predicted molar refractivity (Wildman–Crippen MR) is 80.5 cm³/mol. The Balaban J connectivity index is 1.84. The van der Waals surface area contributed by atoms with Crippen LogP contribution in [0.1, 0.15) is 52.4 Å². The molecule has 116 valence electrons. The third kappa shape index (κ3) is 4.19. The van der Waals surface area contributed by atoms with Gasteiger partial charge in [-0.05, 0) is 51.1 Å². The second-order valence-electron chi connectivity index (χ2n) is 7.44. The number of amides is 1. The molecule has 2 heterocycles. The fraction of sp³-hybridized carbons (Fsp3) is 0.938. The minimum atomic E-state index is -0.260. The van der Waals surface area contributed by atoms with Crippen LogP contribution in [0.3, 0.4) is 0 Å². The van der Waals surface area contributed by atoms with Gasteiger partial charge in [0, 0.05) is 25.6 Å². The number of nitrogens with zero attached hydrogens (tertiary/aromatic N) is 2. The van der Waals surface area contributed by atoms with Gasteiger partial charge in [0.25, 0.3) is 0 Å². The molecule has 1 N–H and O–H groups in total. The number of carbonyl (C=O) groups excluding carboxylic acids is 1. The normalized spacial score (nSPS) is 31.3. The number of hydrogen-bond donors (Lipinski definition) is 1. The summed E-state index contributed by atoms with van der Waals surface area (Å²) in [4.78, 5) is 16.8. The second-order valence-corrected chi connectivity index (χ2v) is 7.44. The van der Waals surface area contributed by atoms with Gasteiger partial charge in [-0.15, -0.1) is 0 Å². The highest BCUT2D eigenvalue weighted by molar-refractivity contribution is 5.76. The Hall–Kier alpha value is -0.610. The first-order chi connectivity index (χ1) is 9.37. The number of carbonyl (C=O) groups is 1. The highest BCUT2D eigenvalue weighted by Crippen LogP contribution is 2.29. The molecule has 0 radical (unpaired) electrons. The average molecular weight is 282 g/mol. The van der Waals surface area contributed by atoms with E-state index in [9.17, 15) is 9.90 Å². The minimum Gasteiger partial charge on any atom is -0.393 e. The van der Waals surface area contributed by atoms with E-state index < -0.39 is 0 Å². The largest absolute Gasteiger partial charge is 0.393 e. The molecule has 0 aromatic carbocycles. The third-order valence-corrected chi connectivity index (χ3v) is 4.85. The Morgan fingerprint density at radius 3 is 2.70 bits per heavy atom. The lowest BCUT2D eigenvalue weighted by Crippen LogP contribution is -2.38. The van der Waals surface area contributed by atoms with Crippen LogP contribution in [0, 0.1) is 5.41 Å². The van der Waals surface area contributed by atoms with Crippen LogP contribution in [-0.4, -0.2) is 59.6 Å². The molecule has 0 aliphatic carbocycles. The van der Waals surface area contributed by atoms with Crippen LogP contribution in [0.15, 0.2) is 0 Å². The molecule has 20 heavy (non-hydrogen) atoms. The summed E-state index contributed by atoms with van der Waals surface area (Å²) < 4.78 is 0. The van der Waals surface area contributed by atoms with Crippen molar-refractivity contribution in [1.82, 2.24) is 9.80 Å². The van der Waals surface area contributed by atoms with Gasteiger partial charge < -0.3 is 14.9 Å². The number of rotatable bonds is 3. The van der Waals surface area contributed by atoms with Gasteiger partial charge in [-0.1, -0.05) is 13.8 Å². The lowest BCUT2D eigenvalue weighted by molar-refractivity contribution is -0.132. The van der Waals surface area contributed by atoms with E-state index in [0.29, 0.717) is 19.0 Å². The summed E-state index contributed by atoms with van der Waals surface area (Å²) in [6, 6.07) is 0.588. The summed E-state index contributed by atoms with van der Waals surface area (Å²) in [6.07, 6.45) is 5.38. The Labute approximate surface area is 123 Å². The van der Waals surface area contributed by atoms with E-state index in [1.165, 1.54) is 19.4 Å². The maximum atomic E-state index is 12.4. The molecule has 2 saturated heterocycles. The molecule has 0 bridgehead atoms. The van der Waals surface area contributed by atoms with E-state index in [-0.39, 0.29) is 17.4 Å². The molecule has 2 unspecified atom stereocenters. The van der Waals surface area contributed by atoms with Gasteiger partial charge in [-0.25, -0.2) is 0 Å². The van der Waals surface area contributed by atoms with E-state index in [1.807, 2.05) is 4.90 Å². The highest BCUT2D eigenvalue weighted by Gasteiger charge is 2.31. The fourth-order valence-corrected chi connectivity index (χ4v) is 3.71. The molecule has 1 amide bonds. The van der Waals surface area contributed by atoms with Crippen LogP contribution in [-0.2, 0) is 4.79 Å². The zero-order chi connectivity index (χ0) is 14.8. The first-order valence-electron chi connectivity index (χ1n) is 8.03. The van der Waals surface area contributed by atoms with E-state index in [0.717, 1.165) is 25.8 Å². The lowest BCUT2D eigenvalue weighted by atomic mass is 9.87. The third-order valence-electron chi connectivity index (χ3n) is 4.85. The molecule has 2 aliphatic heterocycles. The van der Waals surface area contributed by atoms with Gasteiger partial charge >= 0.3 is 0 Å². The van der Waals surface area contributed by atoms with Crippen LogP contribution in [0.2, 0.25) is 0 Å². The van der Waals surface area contributed by atoms with Crippen LogP contribution in [0.25, 0.3) is 0 Å². The topological polar surface area (TPSA) is 43.8 Å². The standard InChI is InChI=1S/C16H30N2O2/c1-16(2)11-14(19)8-10-18(12-16)15(20)7-6-13-5-4-9-17(13)3/h13-14,19H,4-12H2,1-3H3. The number of aliphatic hydroxyl groups excluding tert-OH is 1. The Morgan fingerprint density at radius 1 is 1.30 bits per heavy atom. The second kappa shape index (κ2) is 6.44. The molecule has 4 nitrogen and oxygen atoms in total. The molecule has 0 saturated carbocycles. The first kappa shape index (κ1) is 15.8. The van der Waals surface area contributed by atoms with Gasteiger partial charge in [0.05, 0.1) is 6.10 Å². The Bertz CT molecular complexity index is 343. The summed E-state index contributed by atoms with van der Waals surface area (Å²) in [5.41, 5.74) is 0.0235. The van der Waals surface area contributed by atoms with Crippen molar-refractivity contribution in [2.24, 2.45) is 5.41 Å². The molecule has 0 aromatic rings. The van der Waals surface area contributed by atoms with Gasteiger partial charge in [0.1, 0.15) is 0 Å². The molecule has 0 aromatic heterocycles. The number of likely N-dealkylation sites (tertiary alicyclic amines) is 2. The van der Waals surface area contributed by atoms with E-state index in [2.05, 4.69) is 25.8 Å². The summed E-state index contributed by atoms with van der Waals surface area (Å²) in [6.45, 7) is 6.95. The SMILES string of the molecule is CN1CCCC1CCC(=O)N1CCC(O)CC(C)(C)C1. The van der Waals surface area contributed by atoms with Gasteiger partial charge in [0.2, 0.25) is 5.91 Å². The molecule has 2 atom stereocenters. The summed E-state index contributed by atoms with van der Waals surface area (Å²) in [5.74, 6) is 0.271. The van der Waals surface area contributed by atoms with Gasteiger partial charge in [-0.3, -0.25) is 4.79 Å².